The van der Waals surface area contributed by atoms with E-state index < -0.39 is 10.0 Å². The molecule has 3 rings (SSSR count). The zero-order chi connectivity index (χ0) is 41.9. The first-order chi connectivity index (χ1) is 28.1. The summed E-state index contributed by atoms with van der Waals surface area (Å²) in [6.07, 6.45) is 5.26. The number of carbonyl (C=O) groups excluding carboxylic acids is 2. The van der Waals surface area contributed by atoms with E-state index in [0.717, 1.165) is 49.0 Å². The molecule has 0 saturated carbocycles. The molecule has 0 unspecified atom stereocenters. The Morgan fingerprint density at radius 2 is 1.33 bits per heavy atom. The number of rotatable bonds is 33. The van der Waals surface area contributed by atoms with Gasteiger partial charge in [0.05, 0.1) is 71.0 Å². The van der Waals surface area contributed by atoms with E-state index >= 15 is 0 Å². The number of amides is 2. The molecule has 1 aliphatic heterocycles. The van der Waals surface area contributed by atoms with Crippen LogP contribution < -0.4 is 15.4 Å². The van der Waals surface area contributed by atoms with E-state index in [4.69, 9.17) is 51.6 Å². The van der Waals surface area contributed by atoms with E-state index in [2.05, 4.69) is 27.2 Å². The van der Waals surface area contributed by atoms with Gasteiger partial charge in [0.15, 0.2) is 0 Å². The molecular formula is C41H64Cl2N4O10S. The summed E-state index contributed by atoms with van der Waals surface area (Å²) in [4.78, 5) is 26.4. The minimum Gasteiger partial charge on any atom is -0.379 e. The fourth-order valence-electron chi connectivity index (χ4n) is 6.21. The number of ketones is 1. The number of halogens is 2. The number of ether oxygens (including phenoxy) is 6. The van der Waals surface area contributed by atoms with Crippen molar-refractivity contribution in [2.45, 2.75) is 69.2 Å². The monoisotopic (exact) mass is 874 g/mol. The van der Waals surface area contributed by atoms with Gasteiger partial charge < -0.3 is 44.0 Å². The summed E-state index contributed by atoms with van der Waals surface area (Å²) < 4.78 is 61.6. The molecule has 14 nitrogen and oxygen atoms in total. The lowest BCUT2D eigenvalue weighted by Gasteiger charge is -2.33. The molecule has 3 N–H and O–H groups in total. The lowest BCUT2D eigenvalue weighted by atomic mass is 9.85. The zero-order valence-corrected chi connectivity index (χ0v) is 36.5. The first-order valence-corrected chi connectivity index (χ1v) is 22.6. The maximum atomic E-state index is 13.1. The van der Waals surface area contributed by atoms with Gasteiger partial charge in [0.25, 0.3) is 0 Å². The van der Waals surface area contributed by atoms with Crippen molar-refractivity contribution in [2.24, 2.45) is 0 Å². The number of nitrogens with zero attached hydrogens (tertiary/aromatic N) is 1. The predicted molar refractivity (Wildman–Crippen MR) is 226 cm³/mol. The average Bonchev–Trinajstić information content (AvgIpc) is 3.20. The number of carbonyl (C=O) groups is 2. The second-order valence-electron chi connectivity index (χ2n) is 14.0. The fourth-order valence-corrected chi connectivity index (χ4v) is 7.85. The van der Waals surface area contributed by atoms with E-state index in [1.807, 2.05) is 19.2 Å². The van der Waals surface area contributed by atoms with Crippen LogP contribution in [0.25, 0.3) is 0 Å². The molecule has 328 valence electrons. The Labute approximate surface area is 355 Å². The lowest BCUT2D eigenvalue weighted by molar-refractivity contribution is -0.119. The van der Waals surface area contributed by atoms with Gasteiger partial charge in [-0.1, -0.05) is 48.7 Å². The van der Waals surface area contributed by atoms with Gasteiger partial charge in [-0.3, -0.25) is 4.79 Å². The summed E-state index contributed by atoms with van der Waals surface area (Å²) in [7, 11) is -1.75. The van der Waals surface area contributed by atoms with E-state index in [1.165, 1.54) is 0 Å². The van der Waals surface area contributed by atoms with Gasteiger partial charge in [-0.05, 0) is 73.7 Å². The van der Waals surface area contributed by atoms with Crippen molar-refractivity contribution in [1.29, 1.82) is 0 Å². The van der Waals surface area contributed by atoms with E-state index in [1.54, 1.807) is 24.3 Å². The minimum absolute atomic E-state index is 0.0737. The highest BCUT2D eigenvalue weighted by Gasteiger charge is 2.28. The zero-order valence-electron chi connectivity index (χ0n) is 34.2. The molecule has 0 fully saturated rings. The highest BCUT2D eigenvalue weighted by molar-refractivity contribution is 7.89. The second kappa shape index (κ2) is 29.8. The van der Waals surface area contributed by atoms with Gasteiger partial charge in [-0.25, -0.2) is 17.9 Å². The molecule has 0 aliphatic carbocycles. The van der Waals surface area contributed by atoms with Crippen LogP contribution in [0.15, 0.2) is 41.3 Å². The average molecular weight is 876 g/mol. The van der Waals surface area contributed by atoms with Crippen molar-refractivity contribution < 1.29 is 46.4 Å². The third kappa shape index (κ3) is 20.7. The third-order valence-corrected chi connectivity index (χ3v) is 11.1. The Morgan fingerprint density at radius 3 is 2.02 bits per heavy atom. The molecule has 0 spiro atoms. The summed E-state index contributed by atoms with van der Waals surface area (Å²) >= 11 is 12.8. The molecule has 1 aliphatic rings. The van der Waals surface area contributed by atoms with E-state index in [0.29, 0.717) is 122 Å². The van der Waals surface area contributed by atoms with Crippen molar-refractivity contribution >= 4 is 45.0 Å². The number of hydrogen-bond acceptors (Lipinski definition) is 11. The molecule has 0 saturated heterocycles. The number of urea groups is 1. The van der Waals surface area contributed by atoms with Crippen LogP contribution >= 0.6 is 23.2 Å². The van der Waals surface area contributed by atoms with Crippen molar-refractivity contribution in [3.63, 3.8) is 0 Å². The smallest absolute Gasteiger partial charge is 0.314 e. The molecule has 2 aromatic rings. The Balaban J connectivity index is 1.10. The van der Waals surface area contributed by atoms with Gasteiger partial charge in [-0.2, -0.15) is 0 Å². The van der Waals surface area contributed by atoms with Crippen LogP contribution in [0.4, 0.5) is 4.79 Å². The Bertz CT molecular complexity index is 1590. The first-order valence-electron chi connectivity index (χ1n) is 20.4. The number of benzene rings is 2. The lowest BCUT2D eigenvalue weighted by Crippen LogP contribution is -2.37. The topological polar surface area (TPSA) is 163 Å². The van der Waals surface area contributed by atoms with Crippen LogP contribution in [-0.2, 0) is 49.8 Å². The second-order valence-corrected chi connectivity index (χ2v) is 16.6. The van der Waals surface area contributed by atoms with Gasteiger partial charge >= 0.3 is 6.03 Å². The number of likely N-dealkylation sites (N-methyl/N-ethyl adjacent to an activating group) is 1. The van der Waals surface area contributed by atoms with Gasteiger partial charge in [0.2, 0.25) is 10.0 Å². The summed E-state index contributed by atoms with van der Waals surface area (Å²) in [6, 6.07) is 10.4. The minimum atomic E-state index is -3.76. The predicted octanol–water partition coefficient (Wildman–Crippen LogP) is 5.57. The van der Waals surface area contributed by atoms with Crippen LogP contribution in [0.2, 0.25) is 10.0 Å². The summed E-state index contributed by atoms with van der Waals surface area (Å²) in [5.41, 5.74) is 2.88. The first kappa shape index (κ1) is 49.9. The molecule has 17 heteroatoms. The Kier molecular flexibility index (Phi) is 25.6. The molecule has 1 heterocycles. The third-order valence-electron chi connectivity index (χ3n) is 9.13. The van der Waals surface area contributed by atoms with Gasteiger partial charge in [0, 0.05) is 74.7 Å². The van der Waals surface area contributed by atoms with Gasteiger partial charge in [-0.15, -0.1) is 0 Å². The van der Waals surface area contributed by atoms with Crippen molar-refractivity contribution in [1.82, 2.24) is 20.3 Å². The Morgan fingerprint density at radius 1 is 0.724 bits per heavy atom. The maximum absolute atomic E-state index is 13.1. The number of fused-ring (bicyclic) bond motifs is 1. The molecule has 2 amide bonds. The van der Waals surface area contributed by atoms with Crippen LogP contribution in [0.5, 0.6) is 0 Å². The molecule has 1 atom stereocenters. The standard InChI is InChI=1S/C41H64Cl2N4O10S/c1-3-16-52-20-24-56-25-21-53-17-8-11-35(48)10-5-4-6-13-44-41(49)45-14-18-54-22-26-57-27-23-55-19-15-46-58(50,51)36-12-7-9-33(28-36)38-31-47(2)32-39-37(38)29-34(42)30-40(39)43/h7,9,12,28-30,38,46H,3-6,8,10-11,13-27,31-32H2,1-2H3,(H2,44,45,49)/t38-/m0/s1. The molecule has 0 bridgehead atoms. The largest absolute Gasteiger partial charge is 0.379 e. The fraction of sp³-hybridized carbons (Fsp3) is 0.659. The summed E-state index contributed by atoms with van der Waals surface area (Å²) in [6.45, 7) is 9.91. The highest BCUT2D eigenvalue weighted by Crippen LogP contribution is 2.38. The summed E-state index contributed by atoms with van der Waals surface area (Å²) in [5.74, 6) is 0.166. The molecular weight excluding hydrogens is 811 g/mol. The van der Waals surface area contributed by atoms with Crippen molar-refractivity contribution in [3.8, 4) is 0 Å². The molecule has 2 aromatic carbocycles. The number of sulfonamides is 1. The van der Waals surface area contributed by atoms with Crippen LogP contribution in [0, 0.1) is 0 Å². The normalized spacial score (nSPS) is 14.4. The number of unbranched alkanes of at least 4 members (excludes halogenated alkanes) is 2. The number of Topliss-reactive ketones (excluding diaryl/α,β-unsaturated/α-hetero) is 1. The van der Waals surface area contributed by atoms with Crippen LogP contribution in [0.1, 0.15) is 74.5 Å². The number of nitrogens with one attached hydrogen (secondary N) is 3. The van der Waals surface area contributed by atoms with Crippen LogP contribution in [-0.4, -0.2) is 138 Å². The van der Waals surface area contributed by atoms with Crippen molar-refractivity contribution in [3.05, 3.63) is 63.1 Å². The highest BCUT2D eigenvalue weighted by atomic mass is 35.5. The summed E-state index contributed by atoms with van der Waals surface area (Å²) in [5, 5.41) is 6.73. The number of hydrogen-bond donors (Lipinski definition) is 3. The van der Waals surface area contributed by atoms with E-state index in [9.17, 15) is 18.0 Å². The SMILES string of the molecule is CCCOCCOCCOCCCC(=O)CCCCCNC(=O)NCCOCCOCCOCCNS(=O)(=O)c1cccc([C@@H]2CN(C)Cc3c(Cl)cc(Cl)cc32)c1. The molecule has 0 radical (unpaired) electrons. The molecule has 0 aromatic heterocycles. The quantitative estimate of drug-likeness (QED) is 0.0770. The molecule has 58 heavy (non-hydrogen) atoms. The van der Waals surface area contributed by atoms with E-state index in [-0.39, 0.29) is 35.8 Å². The van der Waals surface area contributed by atoms with Crippen molar-refractivity contribution in [2.75, 3.05) is 113 Å². The van der Waals surface area contributed by atoms with Gasteiger partial charge in [0.1, 0.15) is 5.78 Å². The maximum Gasteiger partial charge on any atom is 0.314 e. The van der Waals surface area contributed by atoms with Crippen LogP contribution in [0.3, 0.4) is 0 Å². The Hall–Kier alpha value is -2.41.